The minimum atomic E-state index is -0.352. The van der Waals surface area contributed by atoms with Crippen LogP contribution in [0.4, 0.5) is 0 Å². The third kappa shape index (κ3) is 2.76. The molecule has 2 aromatic heterocycles. The van der Waals surface area contributed by atoms with Gasteiger partial charge in [-0.1, -0.05) is 0 Å². The van der Waals surface area contributed by atoms with Gasteiger partial charge in [-0.15, -0.1) is 0 Å². The van der Waals surface area contributed by atoms with E-state index >= 15 is 0 Å². The Morgan fingerprint density at radius 2 is 1.89 bits per heavy atom. The lowest BCUT2D eigenvalue weighted by Gasteiger charge is -2.07. The first-order valence-electron chi connectivity index (χ1n) is 6.06. The second kappa shape index (κ2) is 5.56. The maximum atomic E-state index is 11.7. The Kier molecular flexibility index (Phi) is 3.85. The summed E-state index contributed by atoms with van der Waals surface area (Å²) in [6, 6.07) is 3.47. The molecule has 5 nitrogen and oxygen atoms in total. The van der Waals surface area contributed by atoms with E-state index in [9.17, 15) is 4.79 Å². The van der Waals surface area contributed by atoms with Crippen LogP contribution in [-0.2, 0) is 4.74 Å². The molecule has 0 atom stereocenters. The summed E-state index contributed by atoms with van der Waals surface area (Å²) >= 11 is 0. The minimum Gasteiger partial charge on any atom is -0.462 e. The van der Waals surface area contributed by atoms with Gasteiger partial charge in [0.15, 0.2) is 0 Å². The summed E-state index contributed by atoms with van der Waals surface area (Å²) in [4.78, 5) is 24.5. The van der Waals surface area contributed by atoms with Crippen LogP contribution in [0, 0.1) is 13.8 Å². The number of carbonyl (C=O) groups is 1. The Labute approximate surface area is 111 Å². The van der Waals surface area contributed by atoms with E-state index in [2.05, 4.69) is 15.0 Å². The first-order valence-corrected chi connectivity index (χ1v) is 6.06. The van der Waals surface area contributed by atoms with Crippen molar-refractivity contribution in [3.63, 3.8) is 0 Å². The predicted octanol–water partition coefficient (Wildman–Crippen LogP) is 2.33. The Morgan fingerprint density at radius 1 is 1.16 bits per heavy atom. The number of aryl methyl sites for hydroxylation is 2. The van der Waals surface area contributed by atoms with Crippen LogP contribution >= 0.6 is 0 Å². The normalized spacial score (nSPS) is 10.3. The van der Waals surface area contributed by atoms with Gasteiger partial charge in [-0.25, -0.2) is 4.79 Å². The van der Waals surface area contributed by atoms with Crippen LogP contribution in [0.2, 0.25) is 0 Å². The summed E-state index contributed by atoms with van der Waals surface area (Å²) in [6.07, 6.45) is 3.26. The number of aromatic nitrogens is 3. The average molecular weight is 257 g/mol. The molecule has 5 heteroatoms. The van der Waals surface area contributed by atoms with Crippen molar-refractivity contribution in [2.24, 2.45) is 0 Å². The molecular weight excluding hydrogens is 242 g/mol. The highest BCUT2D eigenvalue weighted by molar-refractivity contribution is 5.90. The van der Waals surface area contributed by atoms with E-state index in [0.717, 1.165) is 11.4 Å². The zero-order valence-electron chi connectivity index (χ0n) is 11.2. The molecule has 0 aliphatic heterocycles. The van der Waals surface area contributed by atoms with Crippen molar-refractivity contribution < 1.29 is 9.53 Å². The summed E-state index contributed by atoms with van der Waals surface area (Å²) < 4.78 is 4.97. The van der Waals surface area contributed by atoms with Gasteiger partial charge in [-0.3, -0.25) is 15.0 Å². The fourth-order valence-electron chi connectivity index (χ4n) is 1.78. The SMILES string of the molecule is CCOC(=O)c1ccc(-c2nccnc2C)nc1C. The predicted molar refractivity (Wildman–Crippen MR) is 70.7 cm³/mol. The summed E-state index contributed by atoms with van der Waals surface area (Å²) in [5.41, 5.74) is 3.34. The Morgan fingerprint density at radius 3 is 2.53 bits per heavy atom. The van der Waals surface area contributed by atoms with Gasteiger partial charge < -0.3 is 4.74 Å². The molecule has 0 N–H and O–H groups in total. The van der Waals surface area contributed by atoms with E-state index in [1.807, 2.05) is 6.92 Å². The standard InChI is InChI=1S/C14H15N3O2/c1-4-19-14(18)11-5-6-12(17-9(11)2)13-10(3)15-7-8-16-13/h5-8H,4H2,1-3H3. The molecule has 0 saturated carbocycles. The van der Waals surface area contributed by atoms with E-state index < -0.39 is 0 Å². The minimum absolute atomic E-state index is 0.350. The number of carbonyl (C=O) groups excluding carboxylic acids is 1. The topological polar surface area (TPSA) is 65.0 Å². The number of hydrogen-bond donors (Lipinski definition) is 0. The van der Waals surface area contributed by atoms with Crippen molar-refractivity contribution in [2.75, 3.05) is 6.61 Å². The molecule has 2 aromatic rings. The van der Waals surface area contributed by atoms with Crippen LogP contribution in [0.1, 0.15) is 28.7 Å². The number of hydrogen-bond acceptors (Lipinski definition) is 5. The highest BCUT2D eigenvalue weighted by Gasteiger charge is 2.13. The van der Waals surface area contributed by atoms with E-state index in [-0.39, 0.29) is 5.97 Å². The quantitative estimate of drug-likeness (QED) is 0.789. The van der Waals surface area contributed by atoms with E-state index in [1.54, 1.807) is 38.4 Å². The molecule has 2 heterocycles. The summed E-state index contributed by atoms with van der Waals surface area (Å²) in [6.45, 7) is 5.78. The van der Waals surface area contributed by atoms with Gasteiger partial charge in [0.25, 0.3) is 0 Å². The first kappa shape index (κ1) is 13.1. The lowest BCUT2D eigenvalue weighted by Crippen LogP contribution is -2.08. The molecule has 0 fully saturated rings. The van der Waals surface area contributed by atoms with Crippen LogP contribution in [-0.4, -0.2) is 27.5 Å². The zero-order chi connectivity index (χ0) is 13.8. The summed E-state index contributed by atoms with van der Waals surface area (Å²) in [7, 11) is 0. The summed E-state index contributed by atoms with van der Waals surface area (Å²) in [5.74, 6) is -0.352. The number of ether oxygens (including phenoxy) is 1. The largest absolute Gasteiger partial charge is 0.462 e. The highest BCUT2D eigenvalue weighted by atomic mass is 16.5. The van der Waals surface area contributed by atoms with Gasteiger partial charge in [0.1, 0.15) is 5.69 Å². The molecule has 98 valence electrons. The number of nitrogens with zero attached hydrogens (tertiary/aromatic N) is 3. The van der Waals surface area contributed by atoms with Crippen molar-refractivity contribution in [1.82, 2.24) is 15.0 Å². The highest BCUT2D eigenvalue weighted by Crippen LogP contribution is 2.19. The molecule has 0 radical (unpaired) electrons. The van der Waals surface area contributed by atoms with Gasteiger partial charge in [0.2, 0.25) is 0 Å². The van der Waals surface area contributed by atoms with Crippen LogP contribution in [0.15, 0.2) is 24.5 Å². The molecule has 0 spiro atoms. The molecule has 2 rings (SSSR count). The van der Waals surface area contributed by atoms with Gasteiger partial charge in [0, 0.05) is 12.4 Å². The van der Waals surface area contributed by atoms with Gasteiger partial charge in [0.05, 0.1) is 29.3 Å². The third-order valence-electron chi connectivity index (χ3n) is 2.70. The molecular formula is C14H15N3O2. The average Bonchev–Trinajstić information content (AvgIpc) is 2.39. The fourth-order valence-corrected chi connectivity index (χ4v) is 1.78. The van der Waals surface area contributed by atoms with Crippen molar-refractivity contribution in [2.45, 2.75) is 20.8 Å². The Hall–Kier alpha value is -2.30. The third-order valence-corrected chi connectivity index (χ3v) is 2.70. The molecule has 0 saturated heterocycles. The lowest BCUT2D eigenvalue weighted by atomic mass is 10.1. The van der Waals surface area contributed by atoms with E-state index in [1.165, 1.54) is 0 Å². The summed E-state index contributed by atoms with van der Waals surface area (Å²) in [5, 5.41) is 0. The Balaban J connectivity index is 2.39. The number of rotatable bonds is 3. The number of pyridine rings is 1. The van der Waals surface area contributed by atoms with Crippen LogP contribution in [0.5, 0.6) is 0 Å². The van der Waals surface area contributed by atoms with Gasteiger partial charge in [-0.05, 0) is 32.9 Å². The maximum absolute atomic E-state index is 11.7. The second-order valence-electron chi connectivity index (χ2n) is 4.04. The first-order chi connectivity index (χ1) is 9.13. The molecule has 0 amide bonds. The smallest absolute Gasteiger partial charge is 0.339 e. The van der Waals surface area contributed by atoms with E-state index in [4.69, 9.17) is 4.74 Å². The Bertz CT molecular complexity index is 611. The molecule has 0 unspecified atom stereocenters. The molecule has 0 bridgehead atoms. The molecule has 19 heavy (non-hydrogen) atoms. The van der Waals surface area contributed by atoms with Crippen molar-refractivity contribution in [3.05, 3.63) is 41.5 Å². The van der Waals surface area contributed by atoms with Crippen LogP contribution in [0.25, 0.3) is 11.4 Å². The van der Waals surface area contributed by atoms with Crippen molar-refractivity contribution in [3.8, 4) is 11.4 Å². The van der Waals surface area contributed by atoms with Crippen molar-refractivity contribution >= 4 is 5.97 Å². The lowest BCUT2D eigenvalue weighted by molar-refractivity contribution is 0.0525. The zero-order valence-corrected chi connectivity index (χ0v) is 11.2. The van der Waals surface area contributed by atoms with E-state index in [0.29, 0.717) is 23.6 Å². The maximum Gasteiger partial charge on any atom is 0.339 e. The van der Waals surface area contributed by atoms with Crippen molar-refractivity contribution in [1.29, 1.82) is 0 Å². The second-order valence-corrected chi connectivity index (χ2v) is 4.04. The van der Waals surface area contributed by atoms with Crippen LogP contribution < -0.4 is 0 Å². The monoisotopic (exact) mass is 257 g/mol. The van der Waals surface area contributed by atoms with Crippen LogP contribution in [0.3, 0.4) is 0 Å². The number of esters is 1. The fraction of sp³-hybridized carbons (Fsp3) is 0.286. The molecule has 0 aliphatic carbocycles. The molecule has 0 aromatic carbocycles. The molecule has 0 aliphatic rings. The van der Waals surface area contributed by atoms with Gasteiger partial charge >= 0.3 is 5.97 Å². The van der Waals surface area contributed by atoms with Gasteiger partial charge in [-0.2, -0.15) is 0 Å².